The molecule has 1 unspecified atom stereocenters. The van der Waals surface area contributed by atoms with E-state index >= 15 is 0 Å². The van der Waals surface area contributed by atoms with Gasteiger partial charge in [0.1, 0.15) is 5.82 Å². The lowest BCUT2D eigenvalue weighted by molar-refractivity contribution is 0.515. The van der Waals surface area contributed by atoms with Crippen molar-refractivity contribution in [2.75, 3.05) is 0 Å². The molecule has 0 spiro atoms. The number of nitrogens with two attached hydrogens (primary N) is 1. The summed E-state index contributed by atoms with van der Waals surface area (Å²) in [5.41, 5.74) is 4.03. The van der Waals surface area contributed by atoms with Crippen LogP contribution in [0.4, 0.5) is 0 Å². The maximum atomic E-state index is 5.71. The maximum Gasteiger partial charge on any atom is 0.110 e. The normalized spacial score (nSPS) is 12.6. The van der Waals surface area contributed by atoms with Crippen molar-refractivity contribution >= 4 is 15.9 Å². The van der Waals surface area contributed by atoms with Gasteiger partial charge in [-0.2, -0.15) is 0 Å². The van der Waals surface area contributed by atoms with Crippen LogP contribution in [0.25, 0.3) is 0 Å². The number of aryl methyl sites for hydroxylation is 1. The van der Waals surface area contributed by atoms with Crippen molar-refractivity contribution in [3.8, 4) is 0 Å². The minimum absolute atomic E-state index is 0.0496. The zero-order valence-corrected chi connectivity index (χ0v) is 12.6. The molecule has 2 aromatic rings. The van der Waals surface area contributed by atoms with Crippen LogP contribution in [0, 0.1) is 0 Å². The molecule has 19 heavy (non-hydrogen) atoms. The molecule has 3 N–H and O–H groups in total. The second-order valence-electron chi connectivity index (χ2n) is 4.48. The number of nitrogens with one attached hydrogen (secondary N) is 1. The van der Waals surface area contributed by atoms with E-state index in [9.17, 15) is 0 Å². The summed E-state index contributed by atoms with van der Waals surface area (Å²) >= 11 is 3.57. The van der Waals surface area contributed by atoms with E-state index in [1.165, 1.54) is 0 Å². The van der Waals surface area contributed by atoms with Crippen LogP contribution in [-0.2, 0) is 13.0 Å². The zero-order chi connectivity index (χ0) is 13.7. The third-order valence-corrected chi connectivity index (χ3v) is 3.86. The average Bonchev–Trinajstić information content (AvgIpc) is 2.85. The largest absolute Gasteiger partial charge is 0.335 e. The summed E-state index contributed by atoms with van der Waals surface area (Å²) in [5, 5.41) is 0. The number of hydrogen-bond donors (Lipinski definition) is 2. The number of imidazole rings is 1. The van der Waals surface area contributed by atoms with Crippen molar-refractivity contribution in [3.05, 3.63) is 52.5 Å². The third kappa shape index (κ3) is 3.43. The van der Waals surface area contributed by atoms with Gasteiger partial charge in [0, 0.05) is 29.8 Å². The van der Waals surface area contributed by atoms with Crippen LogP contribution in [0.15, 0.2) is 41.1 Å². The number of nitrogens with zero attached hydrogens (tertiary/aromatic N) is 2. The summed E-state index contributed by atoms with van der Waals surface area (Å²) in [5.74, 6) is 6.76. The minimum Gasteiger partial charge on any atom is -0.335 e. The quantitative estimate of drug-likeness (QED) is 0.635. The highest BCUT2D eigenvalue weighted by molar-refractivity contribution is 9.10. The Hall–Kier alpha value is -1.17. The Bertz CT molecular complexity index is 524. The maximum absolute atomic E-state index is 5.71. The molecule has 1 atom stereocenters. The second kappa shape index (κ2) is 6.84. The molecule has 2 rings (SSSR count). The zero-order valence-electron chi connectivity index (χ0n) is 11.0. The molecule has 0 fully saturated rings. The van der Waals surface area contributed by atoms with Gasteiger partial charge in [-0.25, -0.2) is 4.98 Å². The lowest BCUT2D eigenvalue weighted by atomic mass is 10.0. The number of rotatable bonds is 6. The number of hydrogen-bond acceptors (Lipinski definition) is 3. The monoisotopic (exact) mass is 322 g/mol. The van der Waals surface area contributed by atoms with Gasteiger partial charge < -0.3 is 4.57 Å². The predicted octanol–water partition coefficient (Wildman–Crippen LogP) is 2.80. The molecule has 0 saturated carbocycles. The Kier molecular flexibility index (Phi) is 5.13. The number of hydrazine groups is 1. The first-order valence-corrected chi connectivity index (χ1v) is 7.26. The van der Waals surface area contributed by atoms with Gasteiger partial charge in [0.15, 0.2) is 0 Å². The van der Waals surface area contributed by atoms with Gasteiger partial charge in [0.25, 0.3) is 0 Å². The van der Waals surface area contributed by atoms with Gasteiger partial charge in [-0.15, -0.1) is 0 Å². The Morgan fingerprint density at radius 2 is 2.21 bits per heavy atom. The molecule has 0 bridgehead atoms. The van der Waals surface area contributed by atoms with Gasteiger partial charge in [0.2, 0.25) is 0 Å². The Labute approximate surface area is 122 Å². The fourth-order valence-corrected chi connectivity index (χ4v) is 2.73. The first-order valence-electron chi connectivity index (χ1n) is 6.46. The van der Waals surface area contributed by atoms with Gasteiger partial charge in [-0.05, 0) is 18.1 Å². The number of benzene rings is 1. The number of halogens is 1. The van der Waals surface area contributed by atoms with Crippen molar-refractivity contribution in [1.82, 2.24) is 15.0 Å². The average molecular weight is 323 g/mol. The van der Waals surface area contributed by atoms with Crippen molar-refractivity contribution in [1.29, 1.82) is 0 Å². The lowest BCUT2D eigenvalue weighted by Gasteiger charge is -2.18. The SMILES string of the molecule is CCCn1ccnc1CC(NN)c1ccccc1Br. The van der Waals surface area contributed by atoms with Crippen LogP contribution in [0.5, 0.6) is 0 Å². The summed E-state index contributed by atoms with van der Waals surface area (Å²) in [6, 6.07) is 8.16. The van der Waals surface area contributed by atoms with E-state index in [0.717, 1.165) is 35.2 Å². The molecular weight excluding hydrogens is 304 g/mol. The van der Waals surface area contributed by atoms with Gasteiger partial charge in [-0.3, -0.25) is 11.3 Å². The van der Waals surface area contributed by atoms with Crippen molar-refractivity contribution in [2.45, 2.75) is 32.4 Å². The van der Waals surface area contributed by atoms with Crippen LogP contribution in [0.3, 0.4) is 0 Å². The third-order valence-electron chi connectivity index (χ3n) is 3.13. The molecule has 0 aliphatic heterocycles. The molecule has 0 saturated heterocycles. The molecule has 0 amide bonds. The highest BCUT2D eigenvalue weighted by atomic mass is 79.9. The standard InChI is InChI=1S/C14H19BrN4/c1-2-8-19-9-7-17-14(19)10-13(18-16)11-5-3-4-6-12(11)15/h3-7,9,13,18H,2,8,10,16H2,1H3. The van der Waals surface area contributed by atoms with E-state index in [-0.39, 0.29) is 6.04 Å². The first-order chi connectivity index (χ1) is 9.26. The summed E-state index contributed by atoms with van der Waals surface area (Å²) in [6.07, 6.45) is 5.73. The van der Waals surface area contributed by atoms with Crippen molar-refractivity contribution < 1.29 is 0 Å². The molecule has 0 aliphatic carbocycles. The highest BCUT2D eigenvalue weighted by Crippen LogP contribution is 2.25. The number of aromatic nitrogens is 2. The van der Waals surface area contributed by atoms with Crippen molar-refractivity contribution in [3.63, 3.8) is 0 Å². The molecule has 102 valence electrons. The summed E-state index contributed by atoms with van der Waals surface area (Å²) in [4.78, 5) is 4.43. The fourth-order valence-electron chi connectivity index (χ4n) is 2.17. The van der Waals surface area contributed by atoms with E-state index in [1.807, 2.05) is 30.6 Å². The first kappa shape index (κ1) is 14.2. The van der Waals surface area contributed by atoms with Crippen molar-refractivity contribution in [2.24, 2.45) is 5.84 Å². The Morgan fingerprint density at radius 1 is 1.42 bits per heavy atom. The molecule has 5 heteroatoms. The van der Waals surface area contributed by atoms with Gasteiger partial charge in [-0.1, -0.05) is 41.1 Å². The molecule has 0 aliphatic rings. The van der Waals surface area contributed by atoms with Crippen LogP contribution in [0.1, 0.15) is 30.8 Å². The van der Waals surface area contributed by atoms with Crippen LogP contribution in [0.2, 0.25) is 0 Å². The topological polar surface area (TPSA) is 55.9 Å². The molecular formula is C14H19BrN4. The predicted molar refractivity (Wildman–Crippen MR) is 80.4 cm³/mol. The van der Waals surface area contributed by atoms with E-state index in [2.05, 4.69) is 43.9 Å². The summed E-state index contributed by atoms with van der Waals surface area (Å²) in [7, 11) is 0. The molecule has 1 aromatic carbocycles. The van der Waals surface area contributed by atoms with Crippen LogP contribution < -0.4 is 11.3 Å². The van der Waals surface area contributed by atoms with Crippen LogP contribution in [-0.4, -0.2) is 9.55 Å². The second-order valence-corrected chi connectivity index (χ2v) is 5.34. The molecule has 1 heterocycles. The Balaban J connectivity index is 2.19. The molecule has 4 nitrogen and oxygen atoms in total. The Morgan fingerprint density at radius 3 is 2.89 bits per heavy atom. The van der Waals surface area contributed by atoms with E-state index in [1.54, 1.807) is 0 Å². The smallest absolute Gasteiger partial charge is 0.110 e. The molecule has 1 aromatic heterocycles. The summed E-state index contributed by atoms with van der Waals surface area (Å²) < 4.78 is 3.24. The van der Waals surface area contributed by atoms with Crippen LogP contribution >= 0.6 is 15.9 Å². The van der Waals surface area contributed by atoms with Gasteiger partial charge >= 0.3 is 0 Å². The fraction of sp³-hybridized carbons (Fsp3) is 0.357. The lowest BCUT2D eigenvalue weighted by Crippen LogP contribution is -2.30. The van der Waals surface area contributed by atoms with E-state index < -0.39 is 0 Å². The minimum atomic E-state index is 0.0496. The summed E-state index contributed by atoms with van der Waals surface area (Å²) in [6.45, 7) is 3.15. The highest BCUT2D eigenvalue weighted by Gasteiger charge is 2.15. The molecule has 0 radical (unpaired) electrons. The van der Waals surface area contributed by atoms with E-state index in [4.69, 9.17) is 5.84 Å². The van der Waals surface area contributed by atoms with E-state index in [0.29, 0.717) is 0 Å². The van der Waals surface area contributed by atoms with Gasteiger partial charge in [0.05, 0.1) is 6.04 Å².